The van der Waals surface area contributed by atoms with Crippen molar-refractivity contribution in [3.05, 3.63) is 29.8 Å². The molecule has 0 spiro atoms. The first-order chi connectivity index (χ1) is 8.90. The zero-order valence-electron chi connectivity index (χ0n) is 11.8. The largest absolute Gasteiger partial charge is 0.382 e. The van der Waals surface area contributed by atoms with Crippen LogP contribution < -0.4 is 5.32 Å². The summed E-state index contributed by atoms with van der Waals surface area (Å²) in [6.07, 6.45) is 12.2. The molecule has 0 atom stereocenters. The van der Waals surface area contributed by atoms with E-state index in [-0.39, 0.29) is 0 Å². The summed E-state index contributed by atoms with van der Waals surface area (Å²) in [5.41, 5.74) is 2.87. The van der Waals surface area contributed by atoms with Gasteiger partial charge in [0, 0.05) is 11.7 Å². The van der Waals surface area contributed by atoms with Gasteiger partial charge < -0.3 is 5.32 Å². The van der Waals surface area contributed by atoms with Gasteiger partial charge in [-0.1, -0.05) is 63.6 Å². The van der Waals surface area contributed by atoms with E-state index in [1.54, 1.807) is 0 Å². The van der Waals surface area contributed by atoms with Crippen LogP contribution in [0.3, 0.4) is 0 Å². The molecule has 1 aliphatic rings. The first-order valence-electron chi connectivity index (χ1n) is 7.74. The lowest BCUT2D eigenvalue weighted by molar-refractivity contribution is 0.471. The van der Waals surface area contributed by atoms with Crippen LogP contribution in [-0.2, 0) is 6.42 Å². The predicted molar refractivity (Wildman–Crippen MR) is 80.2 cm³/mol. The van der Waals surface area contributed by atoms with E-state index < -0.39 is 0 Å². The van der Waals surface area contributed by atoms with Crippen LogP contribution in [0.15, 0.2) is 24.3 Å². The van der Waals surface area contributed by atoms with Crippen molar-refractivity contribution in [2.24, 2.45) is 0 Å². The summed E-state index contributed by atoms with van der Waals surface area (Å²) in [6, 6.07) is 9.54. The fourth-order valence-electron chi connectivity index (χ4n) is 2.97. The lowest BCUT2D eigenvalue weighted by atomic mass is 9.96. The maximum absolute atomic E-state index is 3.80. The molecule has 1 saturated carbocycles. The van der Waals surface area contributed by atoms with Crippen molar-refractivity contribution in [1.29, 1.82) is 0 Å². The maximum Gasteiger partial charge on any atom is 0.0374 e. The van der Waals surface area contributed by atoms with Gasteiger partial charge in [0.15, 0.2) is 0 Å². The smallest absolute Gasteiger partial charge is 0.0374 e. The number of nitrogens with one attached hydrogen (secondary N) is 1. The third-order valence-corrected chi connectivity index (χ3v) is 4.00. The Morgan fingerprint density at radius 1 is 1.00 bits per heavy atom. The lowest BCUT2D eigenvalue weighted by Gasteiger charge is -2.23. The first-order valence-corrected chi connectivity index (χ1v) is 7.74. The van der Waals surface area contributed by atoms with Gasteiger partial charge in [0.25, 0.3) is 0 Å². The molecule has 1 aromatic carbocycles. The van der Waals surface area contributed by atoms with Crippen LogP contribution in [0.2, 0.25) is 0 Å². The van der Waals surface area contributed by atoms with Gasteiger partial charge in [-0.25, -0.2) is 0 Å². The monoisotopic (exact) mass is 245 g/mol. The summed E-state index contributed by atoms with van der Waals surface area (Å²) >= 11 is 0. The molecule has 1 fully saturated rings. The Hall–Kier alpha value is -0.980. The maximum atomic E-state index is 3.80. The van der Waals surface area contributed by atoms with Crippen LogP contribution in [0, 0.1) is 0 Å². The highest BCUT2D eigenvalue weighted by atomic mass is 14.9. The molecule has 1 N–H and O–H groups in total. The average Bonchev–Trinajstić information content (AvgIpc) is 2.35. The van der Waals surface area contributed by atoms with E-state index in [0.717, 1.165) is 0 Å². The number of hydrogen-bond acceptors (Lipinski definition) is 1. The standard InChI is InChI=1S/C17H27N/c1-2-10-15-11-8-9-14-17(15)18-16-12-6-4-3-5-7-13-16/h8-9,11,14,16,18H,2-7,10,12-13H2,1H3. The summed E-state index contributed by atoms with van der Waals surface area (Å²) in [5, 5.41) is 3.80. The van der Waals surface area contributed by atoms with Gasteiger partial charge >= 0.3 is 0 Å². The SMILES string of the molecule is CCCc1ccccc1NC1CCCCCCC1. The highest BCUT2D eigenvalue weighted by molar-refractivity contribution is 5.51. The Labute approximate surface area is 112 Å². The third kappa shape index (κ3) is 4.04. The lowest BCUT2D eigenvalue weighted by Crippen LogP contribution is -2.21. The van der Waals surface area contributed by atoms with Crippen molar-refractivity contribution in [2.75, 3.05) is 5.32 Å². The summed E-state index contributed by atoms with van der Waals surface area (Å²) in [6.45, 7) is 2.26. The number of para-hydroxylation sites is 1. The van der Waals surface area contributed by atoms with Crippen molar-refractivity contribution in [3.8, 4) is 0 Å². The second kappa shape index (κ2) is 7.45. The van der Waals surface area contributed by atoms with E-state index in [1.165, 1.54) is 69.0 Å². The average molecular weight is 245 g/mol. The number of aryl methyl sites for hydroxylation is 1. The summed E-state index contributed by atoms with van der Waals surface area (Å²) in [4.78, 5) is 0. The predicted octanol–water partition coefficient (Wildman–Crippen LogP) is 5.16. The molecule has 0 amide bonds. The van der Waals surface area contributed by atoms with Crippen molar-refractivity contribution < 1.29 is 0 Å². The third-order valence-electron chi connectivity index (χ3n) is 4.00. The van der Waals surface area contributed by atoms with Gasteiger partial charge in [-0.2, -0.15) is 0 Å². The minimum Gasteiger partial charge on any atom is -0.382 e. The molecule has 0 bridgehead atoms. The van der Waals surface area contributed by atoms with Crippen LogP contribution >= 0.6 is 0 Å². The van der Waals surface area contributed by atoms with Gasteiger partial charge in [-0.15, -0.1) is 0 Å². The molecule has 0 radical (unpaired) electrons. The Balaban J connectivity index is 1.98. The highest BCUT2D eigenvalue weighted by Gasteiger charge is 2.12. The number of anilines is 1. The molecular weight excluding hydrogens is 218 g/mol. The van der Waals surface area contributed by atoms with E-state index in [4.69, 9.17) is 0 Å². The van der Waals surface area contributed by atoms with Crippen LogP contribution in [0.25, 0.3) is 0 Å². The molecule has 0 aliphatic heterocycles. The Morgan fingerprint density at radius 2 is 1.67 bits per heavy atom. The van der Waals surface area contributed by atoms with Gasteiger partial charge in [-0.05, 0) is 30.9 Å². The van der Waals surface area contributed by atoms with Crippen LogP contribution in [0.1, 0.15) is 63.9 Å². The van der Waals surface area contributed by atoms with Gasteiger partial charge in [0.05, 0.1) is 0 Å². The van der Waals surface area contributed by atoms with E-state index in [2.05, 4.69) is 36.5 Å². The van der Waals surface area contributed by atoms with Crippen molar-refractivity contribution in [2.45, 2.75) is 70.8 Å². The van der Waals surface area contributed by atoms with Crippen LogP contribution in [0.5, 0.6) is 0 Å². The fraction of sp³-hybridized carbons (Fsp3) is 0.647. The Morgan fingerprint density at radius 3 is 2.39 bits per heavy atom. The summed E-state index contributed by atoms with van der Waals surface area (Å²) < 4.78 is 0. The molecule has 2 rings (SSSR count). The zero-order valence-corrected chi connectivity index (χ0v) is 11.8. The molecule has 0 saturated heterocycles. The molecule has 0 heterocycles. The molecular formula is C17H27N. The van der Waals surface area contributed by atoms with Gasteiger partial charge in [0.1, 0.15) is 0 Å². The van der Waals surface area contributed by atoms with Crippen LogP contribution in [-0.4, -0.2) is 6.04 Å². The second-order valence-electron chi connectivity index (χ2n) is 5.59. The van der Waals surface area contributed by atoms with Crippen molar-refractivity contribution in [1.82, 2.24) is 0 Å². The quantitative estimate of drug-likeness (QED) is 0.772. The van der Waals surface area contributed by atoms with Gasteiger partial charge in [0.2, 0.25) is 0 Å². The van der Waals surface area contributed by atoms with E-state index >= 15 is 0 Å². The van der Waals surface area contributed by atoms with Crippen molar-refractivity contribution >= 4 is 5.69 Å². The second-order valence-corrected chi connectivity index (χ2v) is 5.59. The normalized spacial score (nSPS) is 18.1. The van der Waals surface area contributed by atoms with Crippen molar-refractivity contribution in [3.63, 3.8) is 0 Å². The first kappa shape index (κ1) is 13.5. The van der Waals surface area contributed by atoms with Crippen LogP contribution in [0.4, 0.5) is 5.69 Å². The number of benzene rings is 1. The molecule has 18 heavy (non-hydrogen) atoms. The topological polar surface area (TPSA) is 12.0 Å². The molecule has 0 unspecified atom stereocenters. The fourth-order valence-corrected chi connectivity index (χ4v) is 2.97. The molecule has 1 aliphatic carbocycles. The molecule has 0 aromatic heterocycles. The highest BCUT2D eigenvalue weighted by Crippen LogP contribution is 2.23. The molecule has 1 aromatic rings. The molecule has 100 valence electrons. The Bertz CT molecular complexity index is 337. The summed E-state index contributed by atoms with van der Waals surface area (Å²) in [5.74, 6) is 0. The molecule has 1 nitrogen and oxygen atoms in total. The Kier molecular flexibility index (Phi) is 5.57. The zero-order chi connectivity index (χ0) is 12.6. The molecule has 1 heteroatoms. The van der Waals surface area contributed by atoms with E-state index in [0.29, 0.717) is 6.04 Å². The van der Waals surface area contributed by atoms with Gasteiger partial charge in [-0.3, -0.25) is 0 Å². The minimum atomic E-state index is 0.698. The number of rotatable bonds is 4. The summed E-state index contributed by atoms with van der Waals surface area (Å²) in [7, 11) is 0. The van der Waals surface area contributed by atoms with E-state index in [9.17, 15) is 0 Å². The van der Waals surface area contributed by atoms with E-state index in [1.807, 2.05) is 0 Å². The minimum absolute atomic E-state index is 0.698. The number of hydrogen-bond donors (Lipinski definition) is 1.